The van der Waals surface area contributed by atoms with Crippen LogP contribution in [0.15, 0.2) is 12.1 Å². The molecule has 17 heavy (non-hydrogen) atoms. The molecule has 0 bridgehead atoms. The minimum absolute atomic E-state index is 0.324. The molecule has 1 aliphatic heterocycles. The normalized spacial score (nSPS) is 16.6. The van der Waals surface area contributed by atoms with Crippen molar-refractivity contribution in [2.24, 2.45) is 0 Å². The van der Waals surface area contributed by atoms with Crippen molar-refractivity contribution in [3.8, 4) is 0 Å². The molecule has 1 aromatic rings. The van der Waals surface area contributed by atoms with Gasteiger partial charge < -0.3 is 10.0 Å². The molecule has 2 heterocycles. The summed E-state index contributed by atoms with van der Waals surface area (Å²) in [6.45, 7) is 3.74. The maximum absolute atomic E-state index is 11.0. The molecule has 4 nitrogen and oxygen atoms in total. The molecule has 0 atom stereocenters. The first kappa shape index (κ1) is 12.2. The average Bonchev–Trinajstić information content (AvgIpc) is 2.56. The second-order valence-electron chi connectivity index (χ2n) is 4.11. The van der Waals surface area contributed by atoms with Crippen molar-refractivity contribution in [2.45, 2.75) is 13.3 Å². The number of aromatic nitrogens is 1. The summed E-state index contributed by atoms with van der Waals surface area (Å²) < 4.78 is 0. The van der Waals surface area contributed by atoms with E-state index in [4.69, 9.17) is 5.11 Å². The Kier molecular flexibility index (Phi) is 3.89. The maximum Gasteiger partial charge on any atom is 0.335 e. The molecule has 2 rings (SSSR count). The first-order chi connectivity index (χ1) is 8.16. The molecule has 1 N–H and O–H groups in total. The van der Waals surface area contributed by atoms with Crippen LogP contribution in [0.2, 0.25) is 0 Å². The minimum atomic E-state index is -0.888. The van der Waals surface area contributed by atoms with E-state index >= 15 is 0 Å². The highest BCUT2D eigenvalue weighted by molar-refractivity contribution is 7.99. The zero-order valence-electron chi connectivity index (χ0n) is 9.85. The van der Waals surface area contributed by atoms with E-state index < -0.39 is 5.97 Å². The molecule has 1 aromatic heterocycles. The van der Waals surface area contributed by atoms with E-state index in [2.05, 4.69) is 9.88 Å². The van der Waals surface area contributed by atoms with Crippen molar-refractivity contribution in [3.63, 3.8) is 0 Å². The van der Waals surface area contributed by atoms with Crippen molar-refractivity contribution >= 4 is 23.5 Å². The molecule has 1 fully saturated rings. The van der Waals surface area contributed by atoms with Gasteiger partial charge in [0.1, 0.15) is 5.82 Å². The number of aryl methyl sites for hydroxylation is 1. The Morgan fingerprint density at radius 3 is 3.00 bits per heavy atom. The SMILES string of the molecule is Cc1cc(C(=O)O)cc(N2CCCSCC2)n1. The number of aromatic carboxylic acids is 1. The number of carboxylic acid groups (broad SMARTS) is 1. The van der Waals surface area contributed by atoms with Crippen LogP contribution < -0.4 is 4.90 Å². The van der Waals surface area contributed by atoms with Crippen molar-refractivity contribution < 1.29 is 9.90 Å². The third-order valence-corrected chi connectivity index (χ3v) is 3.78. The molecular formula is C12H16N2O2S. The summed E-state index contributed by atoms with van der Waals surface area (Å²) in [5, 5.41) is 9.04. The monoisotopic (exact) mass is 252 g/mol. The fourth-order valence-electron chi connectivity index (χ4n) is 1.91. The largest absolute Gasteiger partial charge is 0.478 e. The highest BCUT2D eigenvalue weighted by Crippen LogP contribution is 2.19. The second-order valence-corrected chi connectivity index (χ2v) is 5.34. The molecule has 0 saturated carbocycles. The van der Waals surface area contributed by atoms with Crippen molar-refractivity contribution in [3.05, 3.63) is 23.4 Å². The molecular weight excluding hydrogens is 236 g/mol. The fraction of sp³-hybridized carbons (Fsp3) is 0.500. The summed E-state index contributed by atoms with van der Waals surface area (Å²) in [6, 6.07) is 3.28. The van der Waals surface area contributed by atoms with E-state index in [1.165, 1.54) is 5.75 Å². The van der Waals surface area contributed by atoms with Gasteiger partial charge in [0, 0.05) is 24.5 Å². The van der Waals surface area contributed by atoms with Crippen molar-refractivity contribution in [1.82, 2.24) is 4.98 Å². The summed E-state index contributed by atoms with van der Waals surface area (Å²) in [5.41, 5.74) is 1.08. The lowest BCUT2D eigenvalue weighted by Crippen LogP contribution is -2.26. The van der Waals surface area contributed by atoms with Gasteiger partial charge >= 0.3 is 5.97 Å². The summed E-state index contributed by atoms with van der Waals surface area (Å²) in [5.74, 6) is 2.16. The zero-order chi connectivity index (χ0) is 12.3. The Morgan fingerprint density at radius 1 is 1.41 bits per heavy atom. The van der Waals surface area contributed by atoms with Gasteiger partial charge in [-0.1, -0.05) is 0 Å². The van der Waals surface area contributed by atoms with Crippen molar-refractivity contribution in [2.75, 3.05) is 29.5 Å². The van der Waals surface area contributed by atoms with E-state index in [1.807, 2.05) is 18.7 Å². The Labute approximate surface area is 105 Å². The smallest absolute Gasteiger partial charge is 0.335 e. The van der Waals surface area contributed by atoms with Gasteiger partial charge in [0.2, 0.25) is 0 Å². The summed E-state index contributed by atoms with van der Waals surface area (Å²) in [4.78, 5) is 17.6. The number of nitrogens with zero attached hydrogens (tertiary/aromatic N) is 2. The number of hydrogen-bond acceptors (Lipinski definition) is 4. The number of hydrogen-bond donors (Lipinski definition) is 1. The molecule has 0 radical (unpaired) electrons. The first-order valence-electron chi connectivity index (χ1n) is 5.71. The molecule has 0 spiro atoms. The van der Waals surface area contributed by atoms with Gasteiger partial charge in [0.25, 0.3) is 0 Å². The quantitative estimate of drug-likeness (QED) is 0.873. The van der Waals surface area contributed by atoms with Crippen molar-refractivity contribution in [1.29, 1.82) is 0 Å². The van der Waals surface area contributed by atoms with Gasteiger partial charge in [0.05, 0.1) is 5.56 Å². The summed E-state index contributed by atoms with van der Waals surface area (Å²) >= 11 is 1.94. The summed E-state index contributed by atoms with van der Waals surface area (Å²) in [6.07, 6.45) is 1.13. The molecule has 1 aliphatic rings. The number of thioether (sulfide) groups is 1. The van der Waals surface area contributed by atoms with Crippen LogP contribution in [0.25, 0.3) is 0 Å². The molecule has 5 heteroatoms. The average molecular weight is 252 g/mol. The summed E-state index contributed by atoms with van der Waals surface area (Å²) in [7, 11) is 0. The second kappa shape index (κ2) is 5.40. The molecule has 92 valence electrons. The van der Waals surface area contributed by atoms with E-state index in [-0.39, 0.29) is 0 Å². The lowest BCUT2D eigenvalue weighted by molar-refractivity contribution is 0.0696. The predicted molar refractivity (Wildman–Crippen MR) is 70.1 cm³/mol. The lowest BCUT2D eigenvalue weighted by Gasteiger charge is -2.21. The Morgan fingerprint density at radius 2 is 2.24 bits per heavy atom. The lowest BCUT2D eigenvalue weighted by atomic mass is 10.2. The van der Waals surface area contributed by atoms with Crippen LogP contribution in [0, 0.1) is 6.92 Å². The molecule has 1 saturated heterocycles. The van der Waals surface area contributed by atoms with Gasteiger partial charge in [0.15, 0.2) is 0 Å². The number of anilines is 1. The van der Waals surface area contributed by atoms with Crippen LogP contribution in [-0.4, -0.2) is 40.7 Å². The fourth-order valence-corrected chi connectivity index (χ4v) is 2.80. The van der Waals surface area contributed by atoms with Crippen LogP contribution in [0.3, 0.4) is 0 Å². The highest BCUT2D eigenvalue weighted by atomic mass is 32.2. The molecule has 0 aliphatic carbocycles. The van der Waals surface area contributed by atoms with Crippen LogP contribution in [0.1, 0.15) is 22.5 Å². The third kappa shape index (κ3) is 3.12. The molecule has 0 aromatic carbocycles. The Balaban J connectivity index is 2.27. The van der Waals surface area contributed by atoms with Crippen LogP contribution in [0.5, 0.6) is 0 Å². The van der Waals surface area contributed by atoms with E-state index in [9.17, 15) is 4.79 Å². The number of rotatable bonds is 2. The standard InChI is InChI=1S/C12H16N2O2S/c1-9-7-10(12(15)16)8-11(13-9)14-3-2-5-17-6-4-14/h7-8H,2-6H2,1H3,(H,15,16). The Hall–Kier alpha value is -1.23. The van der Waals surface area contributed by atoms with Gasteiger partial charge in [-0.15, -0.1) is 0 Å². The van der Waals surface area contributed by atoms with Crippen LogP contribution in [0.4, 0.5) is 5.82 Å². The van der Waals surface area contributed by atoms with Crippen LogP contribution >= 0.6 is 11.8 Å². The maximum atomic E-state index is 11.0. The number of carboxylic acids is 1. The van der Waals surface area contributed by atoms with Gasteiger partial charge in [-0.05, 0) is 31.2 Å². The van der Waals surface area contributed by atoms with E-state index in [0.29, 0.717) is 5.56 Å². The predicted octanol–water partition coefficient (Wildman–Crippen LogP) is 2.03. The van der Waals surface area contributed by atoms with E-state index in [1.54, 1.807) is 12.1 Å². The third-order valence-electron chi connectivity index (χ3n) is 2.73. The Bertz CT molecular complexity index is 415. The highest BCUT2D eigenvalue weighted by Gasteiger charge is 2.14. The molecule has 0 unspecified atom stereocenters. The van der Waals surface area contributed by atoms with Gasteiger partial charge in [-0.25, -0.2) is 9.78 Å². The minimum Gasteiger partial charge on any atom is -0.478 e. The van der Waals surface area contributed by atoms with Gasteiger partial charge in [-0.3, -0.25) is 0 Å². The zero-order valence-corrected chi connectivity index (χ0v) is 10.7. The number of pyridine rings is 1. The van der Waals surface area contributed by atoms with E-state index in [0.717, 1.165) is 36.8 Å². The number of carbonyl (C=O) groups is 1. The molecule has 0 amide bonds. The van der Waals surface area contributed by atoms with Crippen LogP contribution in [-0.2, 0) is 0 Å². The first-order valence-corrected chi connectivity index (χ1v) is 6.87. The van der Waals surface area contributed by atoms with Gasteiger partial charge in [-0.2, -0.15) is 11.8 Å². The topological polar surface area (TPSA) is 53.4 Å².